The van der Waals surface area contributed by atoms with Crippen LogP contribution in [0.4, 0.5) is 11.6 Å². The number of hydrazine groups is 1. The molecule has 116 valence electrons. The molecule has 3 N–H and O–H groups in total. The molecule has 5 nitrogen and oxygen atoms in total. The fourth-order valence-corrected chi connectivity index (χ4v) is 3.30. The average molecular weight is 289 g/mol. The van der Waals surface area contributed by atoms with Crippen molar-refractivity contribution in [2.24, 2.45) is 11.8 Å². The standard InChI is InChI=1S/C16H27N5/c1-2-4-12-5-3-9-21(10-8-12)15-11-14(20-17)18-16(19-15)13-6-7-13/h11-13H,2-10,17H2,1H3,(H,18,19,20). The van der Waals surface area contributed by atoms with E-state index in [2.05, 4.69) is 22.2 Å². The lowest BCUT2D eigenvalue weighted by atomic mass is 9.96. The largest absolute Gasteiger partial charge is 0.356 e. The van der Waals surface area contributed by atoms with Crippen LogP contribution >= 0.6 is 0 Å². The molecule has 0 bridgehead atoms. The molecule has 1 unspecified atom stereocenters. The van der Waals surface area contributed by atoms with Gasteiger partial charge in [-0.05, 0) is 38.0 Å². The van der Waals surface area contributed by atoms with Crippen molar-refractivity contribution in [3.05, 3.63) is 11.9 Å². The van der Waals surface area contributed by atoms with Crippen molar-refractivity contribution in [1.29, 1.82) is 0 Å². The highest BCUT2D eigenvalue weighted by Crippen LogP contribution is 2.39. The maximum atomic E-state index is 5.57. The molecule has 1 saturated heterocycles. The molecule has 0 spiro atoms. The van der Waals surface area contributed by atoms with E-state index < -0.39 is 0 Å². The van der Waals surface area contributed by atoms with Crippen LogP contribution in [-0.2, 0) is 0 Å². The number of nitrogens with zero attached hydrogens (tertiary/aromatic N) is 3. The fourth-order valence-electron chi connectivity index (χ4n) is 3.30. The number of anilines is 2. The lowest BCUT2D eigenvalue weighted by Gasteiger charge is -2.22. The van der Waals surface area contributed by atoms with E-state index in [4.69, 9.17) is 10.8 Å². The minimum atomic E-state index is 0.553. The molecule has 2 heterocycles. The third-order valence-corrected chi connectivity index (χ3v) is 4.69. The molecule has 1 atom stereocenters. The molecule has 21 heavy (non-hydrogen) atoms. The zero-order chi connectivity index (χ0) is 14.7. The summed E-state index contributed by atoms with van der Waals surface area (Å²) in [4.78, 5) is 11.7. The molecule has 1 aromatic rings. The van der Waals surface area contributed by atoms with Crippen LogP contribution in [0, 0.1) is 5.92 Å². The molecular formula is C16H27N5. The highest BCUT2D eigenvalue weighted by atomic mass is 15.3. The number of nitrogens with two attached hydrogens (primary N) is 1. The molecular weight excluding hydrogens is 262 g/mol. The van der Waals surface area contributed by atoms with E-state index in [0.29, 0.717) is 5.92 Å². The first kappa shape index (κ1) is 14.6. The summed E-state index contributed by atoms with van der Waals surface area (Å²) in [5.41, 5.74) is 2.70. The van der Waals surface area contributed by atoms with Crippen LogP contribution in [0.15, 0.2) is 6.07 Å². The Labute approximate surface area is 127 Å². The number of hydrogen-bond donors (Lipinski definition) is 2. The number of hydrogen-bond acceptors (Lipinski definition) is 5. The van der Waals surface area contributed by atoms with Gasteiger partial charge in [0.1, 0.15) is 17.5 Å². The van der Waals surface area contributed by atoms with Crippen LogP contribution in [0.5, 0.6) is 0 Å². The molecule has 0 amide bonds. The Morgan fingerprint density at radius 1 is 1.24 bits per heavy atom. The number of nitrogen functional groups attached to an aromatic ring is 1. The van der Waals surface area contributed by atoms with Gasteiger partial charge in [-0.15, -0.1) is 0 Å². The van der Waals surface area contributed by atoms with E-state index in [1.807, 2.05) is 6.07 Å². The van der Waals surface area contributed by atoms with Gasteiger partial charge >= 0.3 is 0 Å². The molecule has 3 rings (SSSR count). The third kappa shape index (κ3) is 3.64. The van der Waals surface area contributed by atoms with Gasteiger partial charge in [0.25, 0.3) is 0 Å². The lowest BCUT2D eigenvalue weighted by Crippen LogP contribution is -2.26. The van der Waals surface area contributed by atoms with Gasteiger partial charge in [0, 0.05) is 25.1 Å². The second-order valence-corrected chi connectivity index (χ2v) is 6.46. The first-order valence-corrected chi connectivity index (χ1v) is 8.40. The van der Waals surface area contributed by atoms with Crippen molar-refractivity contribution < 1.29 is 0 Å². The topological polar surface area (TPSA) is 67.1 Å². The monoisotopic (exact) mass is 289 g/mol. The van der Waals surface area contributed by atoms with Crippen molar-refractivity contribution >= 4 is 11.6 Å². The summed E-state index contributed by atoms with van der Waals surface area (Å²) in [6.07, 6.45) is 8.98. The van der Waals surface area contributed by atoms with Gasteiger partial charge in [0.15, 0.2) is 0 Å². The van der Waals surface area contributed by atoms with Crippen molar-refractivity contribution in [3.63, 3.8) is 0 Å². The second-order valence-electron chi connectivity index (χ2n) is 6.46. The Kier molecular flexibility index (Phi) is 4.58. The summed E-state index contributed by atoms with van der Waals surface area (Å²) < 4.78 is 0. The molecule has 0 aromatic carbocycles. The molecule has 1 aliphatic heterocycles. The molecule has 2 fully saturated rings. The van der Waals surface area contributed by atoms with E-state index in [-0.39, 0.29) is 0 Å². The second kappa shape index (κ2) is 6.60. The molecule has 0 radical (unpaired) electrons. The summed E-state index contributed by atoms with van der Waals surface area (Å²) in [7, 11) is 0. The summed E-state index contributed by atoms with van der Waals surface area (Å²) in [5, 5.41) is 0. The Balaban J connectivity index is 1.74. The Bertz CT molecular complexity index is 472. The number of rotatable bonds is 5. The van der Waals surface area contributed by atoms with E-state index in [0.717, 1.165) is 36.5 Å². The van der Waals surface area contributed by atoms with E-state index in [1.165, 1.54) is 44.9 Å². The van der Waals surface area contributed by atoms with Crippen molar-refractivity contribution in [1.82, 2.24) is 9.97 Å². The highest BCUT2D eigenvalue weighted by molar-refractivity contribution is 5.49. The molecule has 1 saturated carbocycles. The van der Waals surface area contributed by atoms with E-state index >= 15 is 0 Å². The number of nitrogens with one attached hydrogen (secondary N) is 1. The van der Waals surface area contributed by atoms with Crippen LogP contribution in [0.1, 0.15) is 63.6 Å². The Morgan fingerprint density at radius 2 is 2.10 bits per heavy atom. The normalized spacial score (nSPS) is 23.0. The Morgan fingerprint density at radius 3 is 2.81 bits per heavy atom. The van der Waals surface area contributed by atoms with E-state index in [1.54, 1.807) is 0 Å². The van der Waals surface area contributed by atoms with Crippen LogP contribution in [-0.4, -0.2) is 23.1 Å². The average Bonchev–Trinajstić information content (AvgIpc) is 3.34. The highest BCUT2D eigenvalue weighted by Gasteiger charge is 2.28. The maximum absolute atomic E-state index is 5.57. The molecule has 2 aliphatic rings. The molecule has 5 heteroatoms. The van der Waals surface area contributed by atoms with Crippen molar-refractivity contribution in [3.8, 4) is 0 Å². The van der Waals surface area contributed by atoms with Crippen LogP contribution in [0.3, 0.4) is 0 Å². The smallest absolute Gasteiger partial charge is 0.145 e. The fraction of sp³-hybridized carbons (Fsp3) is 0.750. The first-order chi connectivity index (χ1) is 10.3. The van der Waals surface area contributed by atoms with Gasteiger partial charge in [0.2, 0.25) is 0 Å². The summed E-state index contributed by atoms with van der Waals surface area (Å²) >= 11 is 0. The Hall–Kier alpha value is -1.36. The minimum absolute atomic E-state index is 0.553. The van der Waals surface area contributed by atoms with Crippen LogP contribution in [0.2, 0.25) is 0 Å². The van der Waals surface area contributed by atoms with Gasteiger partial charge in [-0.1, -0.05) is 19.8 Å². The predicted molar refractivity (Wildman–Crippen MR) is 86.3 cm³/mol. The van der Waals surface area contributed by atoms with Crippen molar-refractivity contribution in [2.75, 3.05) is 23.4 Å². The van der Waals surface area contributed by atoms with Crippen molar-refractivity contribution in [2.45, 2.75) is 57.8 Å². The van der Waals surface area contributed by atoms with Gasteiger partial charge < -0.3 is 10.3 Å². The van der Waals surface area contributed by atoms with Gasteiger partial charge in [-0.25, -0.2) is 15.8 Å². The quantitative estimate of drug-likeness (QED) is 0.644. The zero-order valence-electron chi connectivity index (χ0n) is 13.0. The van der Waals surface area contributed by atoms with Gasteiger partial charge in [-0.3, -0.25) is 0 Å². The summed E-state index contributed by atoms with van der Waals surface area (Å²) in [6.45, 7) is 4.50. The SMILES string of the molecule is CCCC1CCCN(c2cc(NN)nc(C3CC3)n2)CC1. The summed E-state index contributed by atoms with van der Waals surface area (Å²) in [6, 6.07) is 1.99. The van der Waals surface area contributed by atoms with E-state index in [9.17, 15) is 0 Å². The predicted octanol–water partition coefficient (Wildman–Crippen LogP) is 3.05. The van der Waals surface area contributed by atoms with Crippen LogP contribution < -0.4 is 16.2 Å². The maximum Gasteiger partial charge on any atom is 0.145 e. The summed E-state index contributed by atoms with van der Waals surface area (Å²) in [5.74, 6) is 9.78. The van der Waals surface area contributed by atoms with Crippen LogP contribution in [0.25, 0.3) is 0 Å². The van der Waals surface area contributed by atoms with Gasteiger partial charge in [0.05, 0.1) is 0 Å². The number of aromatic nitrogens is 2. The molecule has 1 aliphatic carbocycles. The third-order valence-electron chi connectivity index (χ3n) is 4.69. The lowest BCUT2D eigenvalue weighted by molar-refractivity contribution is 0.435. The molecule has 1 aromatic heterocycles. The first-order valence-electron chi connectivity index (χ1n) is 8.40. The van der Waals surface area contributed by atoms with Gasteiger partial charge in [-0.2, -0.15) is 0 Å². The minimum Gasteiger partial charge on any atom is -0.356 e. The zero-order valence-corrected chi connectivity index (χ0v) is 13.0.